The molecule has 1 heterocycles. The van der Waals surface area contributed by atoms with Crippen LogP contribution in [0.15, 0.2) is 54.6 Å². The maximum absolute atomic E-state index is 9.64. The van der Waals surface area contributed by atoms with Crippen LogP contribution in [0.3, 0.4) is 0 Å². The molecular weight excluding hydrogens is 280 g/mol. The zero-order chi connectivity index (χ0) is 14.7. The molecule has 0 saturated heterocycles. The molecule has 2 aromatic carbocycles. The molecule has 21 heavy (non-hydrogen) atoms. The van der Waals surface area contributed by atoms with Crippen LogP contribution in [0.1, 0.15) is 29.6 Å². The average molecular weight is 298 g/mol. The summed E-state index contributed by atoms with van der Waals surface area (Å²) in [5, 5.41) is 14.1. The van der Waals surface area contributed by atoms with Crippen LogP contribution in [0, 0.1) is 0 Å². The number of fused-ring (bicyclic) bond motifs is 1. The summed E-state index contributed by atoms with van der Waals surface area (Å²) in [6.07, 6.45) is 0. The molecule has 3 rings (SSSR count). The summed E-state index contributed by atoms with van der Waals surface area (Å²) in [6.45, 7) is 2.16. The highest BCUT2D eigenvalue weighted by Gasteiger charge is 2.17. The van der Waals surface area contributed by atoms with Gasteiger partial charge in [-0.15, -0.1) is 11.3 Å². The second-order valence-corrected chi connectivity index (χ2v) is 6.12. The van der Waals surface area contributed by atoms with Gasteiger partial charge >= 0.3 is 0 Å². The Kier molecular flexibility index (Phi) is 4.29. The number of hydrogen-bond donors (Lipinski definition) is 2. The molecule has 4 heteroatoms. The summed E-state index contributed by atoms with van der Waals surface area (Å²) in [4.78, 5) is 4.67. The monoisotopic (exact) mass is 298 g/mol. The fourth-order valence-electron chi connectivity index (χ4n) is 2.39. The molecule has 108 valence electrons. The molecule has 2 N–H and O–H groups in total. The van der Waals surface area contributed by atoms with Crippen molar-refractivity contribution >= 4 is 21.6 Å². The van der Waals surface area contributed by atoms with Gasteiger partial charge in [-0.05, 0) is 24.6 Å². The third-order valence-corrected chi connectivity index (χ3v) is 4.74. The van der Waals surface area contributed by atoms with Gasteiger partial charge in [-0.3, -0.25) is 5.32 Å². The number of nitrogens with zero attached hydrogens (tertiary/aromatic N) is 1. The molecule has 0 radical (unpaired) electrons. The second kappa shape index (κ2) is 6.35. The Morgan fingerprint density at radius 3 is 2.52 bits per heavy atom. The first kappa shape index (κ1) is 14.2. The van der Waals surface area contributed by atoms with Gasteiger partial charge in [0.25, 0.3) is 0 Å². The third-order valence-electron chi connectivity index (χ3n) is 3.52. The van der Waals surface area contributed by atoms with Crippen LogP contribution in [0.25, 0.3) is 10.2 Å². The van der Waals surface area contributed by atoms with Crippen LogP contribution in [-0.4, -0.2) is 16.7 Å². The van der Waals surface area contributed by atoms with E-state index in [-0.39, 0.29) is 18.7 Å². The van der Waals surface area contributed by atoms with Crippen molar-refractivity contribution in [3.63, 3.8) is 0 Å². The van der Waals surface area contributed by atoms with Crippen molar-refractivity contribution in [2.45, 2.75) is 19.0 Å². The summed E-state index contributed by atoms with van der Waals surface area (Å²) < 4.78 is 1.20. The Bertz CT molecular complexity index is 678. The van der Waals surface area contributed by atoms with Crippen LogP contribution in [-0.2, 0) is 0 Å². The molecule has 0 aliphatic rings. The average Bonchev–Trinajstić information content (AvgIpc) is 2.97. The molecule has 0 amide bonds. The van der Waals surface area contributed by atoms with Gasteiger partial charge in [-0.1, -0.05) is 42.5 Å². The van der Waals surface area contributed by atoms with Crippen molar-refractivity contribution in [1.29, 1.82) is 0 Å². The molecule has 3 aromatic rings. The number of aliphatic hydroxyl groups excluding tert-OH is 1. The van der Waals surface area contributed by atoms with E-state index in [0.29, 0.717) is 0 Å². The highest BCUT2D eigenvalue weighted by atomic mass is 32.1. The van der Waals surface area contributed by atoms with Crippen molar-refractivity contribution in [2.75, 3.05) is 6.61 Å². The largest absolute Gasteiger partial charge is 0.394 e. The van der Waals surface area contributed by atoms with Gasteiger partial charge in [0.2, 0.25) is 0 Å². The summed E-state index contributed by atoms with van der Waals surface area (Å²) in [6, 6.07) is 18.2. The van der Waals surface area contributed by atoms with Crippen LogP contribution in [0.2, 0.25) is 0 Å². The first-order chi connectivity index (χ1) is 10.3. The zero-order valence-electron chi connectivity index (χ0n) is 11.9. The molecule has 0 saturated carbocycles. The molecule has 1 aromatic heterocycles. The molecular formula is C17H18N2OS. The predicted molar refractivity (Wildman–Crippen MR) is 87.4 cm³/mol. The normalized spacial score (nSPS) is 14.2. The van der Waals surface area contributed by atoms with Crippen LogP contribution >= 0.6 is 11.3 Å². The highest BCUT2D eigenvalue weighted by Crippen LogP contribution is 2.27. The van der Waals surface area contributed by atoms with Crippen molar-refractivity contribution in [1.82, 2.24) is 10.3 Å². The topological polar surface area (TPSA) is 45.1 Å². The van der Waals surface area contributed by atoms with E-state index >= 15 is 0 Å². The lowest BCUT2D eigenvalue weighted by Gasteiger charge is -2.20. The molecule has 2 atom stereocenters. The lowest BCUT2D eigenvalue weighted by molar-refractivity contribution is 0.235. The van der Waals surface area contributed by atoms with E-state index in [2.05, 4.69) is 23.3 Å². The van der Waals surface area contributed by atoms with E-state index in [1.165, 1.54) is 4.70 Å². The smallest absolute Gasteiger partial charge is 0.111 e. The van der Waals surface area contributed by atoms with E-state index in [4.69, 9.17) is 0 Å². The Labute approximate surface area is 128 Å². The zero-order valence-corrected chi connectivity index (χ0v) is 12.7. The summed E-state index contributed by atoms with van der Waals surface area (Å²) in [7, 11) is 0. The number of thiazole rings is 1. The predicted octanol–water partition coefficient (Wildman–Crippen LogP) is 3.68. The van der Waals surface area contributed by atoms with Gasteiger partial charge in [0.1, 0.15) is 5.01 Å². The lowest BCUT2D eigenvalue weighted by Crippen LogP contribution is -2.27. The van der Waals surface area contributed by atoms with E-state index in [9.17, 15) is 5.11 Å². The molecule has 0 bridgehead atoms. The van der Waals surface area contributed by atoms with Gasteiger partial charge in [0.05, 0.1) is 28.9 Å². The number of para-hydroxylation sites is 1. The number of rotatable bonds is 5. The minimum Gasteiger partial charge on any atom is -0.394 e. The summed E-state index contributed by atoms with van der Waals surface area (Å²) in [5.41, 5.74) is 2.12. The van der Waals surface area contributed by atoms with E-state index < -0.39 is 0 Å². The summed E-state index contributed by atoms with van der Waals surface area (Å²) >= 11 is 1.70. The molecule has 1 unspecified atom stereocenters. The fraction of sp³-hybridized carbons (Fsp3) is 0.235. The van der Waals surface area contributed by atoms with Gasteiger partial charge in [0.15, 0.2) is 0 Å². The molecule has 0 spiro atoms. The quantitative estimate of drug-likeness (QED) is 0.755. The fourth-order valence-corrected chi connectivity index (χ4v) is 3.37. The van der Waals surface area contributed by atoms with E-state index in [0.717, 1.165) is 16.1 Å². The SMILES string of the molecule is CC(N[C@H](CO)c1ccccc1)c1nc2ccccc2s1. The van der Waals surface area contributed by atoms with Crippen molar-refractivity contribution in [3.05, 3.63) is 65.2 Å². The highest BCUT2D eigenvalue weighted by molar-refractivity contribution is 7.18. The Hall–Kier alpha value is -1.75. The van der Waals surface area contributed by atoms with Gasteiger partial charge < -0.3 is 5.11 Å². The third kappa shape index (κ3) is 3.13. The lowest BCUT2D eigenvalue weighted by atomic mass is 10.1. The minimum absolute atomic E-state index is 0.0687. The Balaban J connectivity index is 1.79. The molecule has 0 fully saturated rings. The van der Waals surface area contributed by atoms with Crippen molar-refractivity contribution in [3.8, 4) is 0 Å². The molecule has 3 nitrogen and oxygen atoms in total. The van der Waals surface area contributed by atoms with Crippen LogP contribution in [0.4, 0.5) is 0 Å². The maximum atomic E-state index is 9.64. The second-order valence-electron chi connectivity index (χ2n) is 5.05. The van der Waals surface area contributed by atoms with Crippen LogP contribution < -0.4 is 5.32 Å². The standard InChI is InChI=1S/C17H18N2OS/c1-12(17-19-14-9-5-6-10-16(14)21-17)18-15(11-20)13-7-3-2-4-8-13/h2-10,12,15,18,20H,11H2,1H3/t12?,15-/m1/s1. The molecule has 0 aliphatic heterocycles. The van der Waals surface area contributed by atoms with Gasteiger partial charge in [-0.25, -0.2) is 4.98 Å². The first-order valence-corrected chi connectivity index (χ1v) is 7.87. The Morgan fingerprint density at radius 1 is 1.10 bits per heavy atom. The number of benzene rings is 2. The van der Waals surface area contributed by atoms with Crippen molar-refractivity contribution < 1.29 is 5.11 Å². The van der Waals surface area contributed by atoms with E-state index in [1.54, 1.807) is 11.3 Å². The summed E-state index contributed by atoms with van der Waals surface area (Å²) in [5.74, 6) is 0. The van der Waals surface area contributed by atoms with Gasteiger partial charge in [0, 0.05) is 0 Å². The number of aromatic nitrogens is 1. The van der Waals surface area contributed by atoms with Crippen LogP contribution in [0.5, 0.6) is 0 Å². The van der Waals surface area contributed by atoms with E-state index in [1.807, 2.05) is 48.5 Å². The minimum atomic E-state index is -0.0757. The maximum Gasteiger partial charge on any atom is 0.111 e. The Morgan fingerprint density at radius 2 is 1.81 bits per heavy atom. The molecule has 0 aliphatic carbocycles. The number of aliphatic hydroxyl groups is 1. The first-order valence-electron chi connectivity index (χ1n) is 7.05. The number of nitrogens with one attached hydrogen (secondary N) is 1. The number of hydrogen-bond acceptors (Lipinski definition) is 4. The van der Waals surface area contributed by atoms with Gasteiger partial charge in [-0.2, -0.15) is 0 Å². The van der Waals surface area contributed by atoms with Crippen molar-refractivity contribution in [2.24, 2.45) is 0 Å².